The van der Waals surface area contributed by atoms with Gasteiger partial charge >= 0.3 is 5.97 Å². The minimum atomic E-state index is -0.0215. The molecule has 0 heterocycles. The predicted molar refractivity (Wildman–Crippen MR) is 57.0 cm³/mol. The minimum absolute atomic E-state index is 0.0215. The van der Waals surface area contributed by atoms with Gasteiger partial charge in [0.1, 0.15) is 0 Å². The fourth-order valence-corrected chi connectivity index (χ4v) is 2.52. The molecule has 82 valence electrons. The van der Waals surface area contributed by atoms with Crippen molar-refractivity contribution in [2.45, 2.75) is 52.9 Å². The third-order valence-electron chi connectivity index (χ3n) is 3.39. The van der Waals surface area contributed by atoms with Gasteiger partial charge in [-0.1, -0.05) is 20.3 Å². The van der Waals surface area contributed by atoms with Gasteiger partial charge in [-0.25, -0.2) is 0 Å². The summed E-state index contributed by atoms with van der Waals surface area (Å²) in [5, 5.41) is 0. The van der Waals surface area contributed by atoms with Crippen LogP contribution in [-0.4, -0.2) is 12.6 Å². The molecule has 0 N–H and O–H groups in total. The van der Waals surface area contributed by atoms with Crippen molar-refractivity contribution in [3.8, 4) is 0 Å². The first-order valence-corrected chi connectivity index (χ1v) is 5.75. The summed E-state index contributed by atoms with van der Waals surface area (Å²) in [4.78, 5) is 11.4. The molecule has 1 fully saturated rings. The number of esters is 1. The normalized spacial score (nSPS) is 31.8. The summed E-state index contributed by atoms with van der Waals surface area (Å²) in [7, 11) is 0. The Balaban J connectivity index is 2.40. The van der Waals surface area contributed by atoms with Gasteiger partial charge in [-0.05, 0) is 37.5 Å². The van der Waals surface area contributed by atoms with Crippen LogP contribution in [0.1, 0.15) is 52.9 Å². The molecule has 0 bridgehead atoms. The molecule has 0 aromatic rings. The van der Waals surface area contributed by atoms with Crippen molar-refractivity contribution in [2.75, 3.05) is 6.61 Å². The molecule has 14 heavy (non-hydrogen) atoms. The van der Waals surface area contributed by atoms with Crippen molar-refractivity contribution in [1.29, 1.82) is 0 Å². The molecule has 1 saturated carbocycles. The molecular formula is C12H22O2. The Morgan fingerprint density at radius 1 is 1.50 bits per heavy atom. The zero-order valence-electron chi connectivity index (χ0n) is 9.64. The van der Waals surface area contributed by atoms with E-state index in [2.05, 4.69) is 13.8 Å². The Morgan fingerprint density at radius 2 is 2.21 bits per heavy atom. The summed E-state index contributed by atoms with van der Waals surface area (Å²) in [6.07, 6.45) is 5.52. The number of carbonyl (C=O) groups is 1. The fourth-order valence-electron chi connectivity index (χ4n) is 2.52. The number of ether oxygens (including phenoxy) is 1. The van der Waals surface area contributed by atoms with Crippen LogP contribution in [0.15, 0.2) is 0 Å². The Labute approximate surface area is 87.0 Å². The monoisotopic (exact) mass is 198 g/mol. The summed E-state index contributed by atoms with van der Waals surface area (Å²) in [5.74, 6) is 0.807. The SMILES string of the molecule is CCOC(=O)CC1(C)CCC(CC)C1. The van der Waals surface area contributed by atoms with E-state index in [0.717, 1.165) is 5.92 Å². The molecule has 0 radical (unpaired) electrons. The van der Waals surface area contributed by atoms with Gasteiger partial charge in [0.05, 0.1) is 13.0 Å². The smallest absolute Gasteiger partial charge is 0.306 e. The summed E-state index contributed by atoms with van der Waals surface area (Å²) < 4.78 is 5.00. The summed E-state index contributed by atoms with van der Waals surface area (Å²) in [6.45, 7) is 6.83. The predicted octanol–water partition coefficient (Wildman–Crippen LogP) is 3.16. The molecule has 1 rings (SSSR count). The summed E-state index contributed by atoms with van der Waals surface area (Å²) in [5.41, 5.74) is 0.215. The van der Waals surface area contributed by atoms with Crippen molar-refractivity contribution >= 4 is 5.97 Å². The van der Waals surface area contributed by atoms with Crippen LogP contribution < -0.4 is 0 Å². The maximum absolute atomic E-state index is 11.4. The van der Waals surface area contributed by atoms with E-state index in [1.807, 2.05) is 6.92 Å². The van der Waals surface area contributed by atoms with E-state index >= 15 is 0 Å². The molecule has 2 atom stereocenters. The number of hydrogen-bond acceptors (Lipinski definition) is 2. The second-order valence-corrected chi connectivity index (χ2v) is 4.81. The highest BCUT2D eigenvalue weighted by Crippen LogP contribution is 2.45. The van der Waals surface area contributed by atoms with Gasteiger partial charge in [-0.2, -0.15) is 0 Å². The van der Waals surface area contributed by atoms with E-state index in [9.17, 15) is 4.79 Å². The van der Waals surface area contributed by atoms with Crippen molar-refractivity contribution in [1.82, 2.24) is 0 Å². The van der Waals surface area contributed by atoms with Gasteiger partial charge < -0.3 is 4.74 Å². The molecule has 2 unspecified atom stereocenters. The van der Waals surface area contributed by atoms with E-state index in [4.69, 9.17) is 4.74 Å². The second kappa shape index (κ2) is 4.81. The molecule has 0 aromatic heterocycles. The van der Waals surface area contributed by atoms with Crippen LogP contribution in [0.25, 0.3) is 0 Å². The van der Waals surface area contributed by atoms with Crippen molar-refractivity contribution in [3.63, 3.8) is 0 Å². The quantitative estimate of drug-likeness (QED) is 0.649. The third-order valence-corrected chi connectivity index (χ3v) is 3.39. The average molecular weight is 198 g/mol. The maximum atomic E-state index is 11.4. The van der Waals surface area contributed by atoms with E-state index in [0.29, 0.717) is 13.0 Å². The molecule has 2 heteroatoms. The molecule has 1 aliphatic rings. The lowest BCUT2D eigenvalue weighted by Gasteiger charge is -2.22. The molecule has 0 amide bonds. The largest absolute Gasteiger partial charge is 0.466 e. The average Bonchev–Trinajstić information content (AvgIpc) is 2.47. The Bertz CT molecular complexity index is 200. The van der Waals surface area contributed by atoms with Gasteiger partial charge in [0.15, 0.2) is 0 Å². The highest BCUT2D eigenvalue weighted by molar-refractivity contribution is 5.70. The van der Waals surface area contributed by atoms with Gasteiger partial charge in [0.25, 0.3) is 0 Å². The lowest BCUT2D eigenvalue weighted by Crippen LogP contribution is -2.19. The first-order chi connectivity index (χ1) is 6.59. The number of carbonyl (C=O) groups excluding carboxylic acids is 1. The first-order valence-electron chi connectivity index (χ1n) is 5.75. The fraction of sp³-hybridized carbons (Fsp3) is 0.917. The van der Waals surface area contributed by atoms with Crippen molar-refractivity contribution in [3.05, 3.63) is 0 Å². The summed E-state index contributed by atoms with van der Waals surface area (Å²) >= 11 is 0. The standard InChI is InChI=1S/C12H22O2/c1-4-10-6-7-12(3,8-10)9-11(13)14-5-2/h10H,4-9H2,1-3H3. The van der Waals surface area contributed by atoms with E-state index in [1.165, 1.54) is 25.7 Å². The van der Waals surface area contributed by atoms with Crippen LogP contribution in [0.3, 0.4) is 0 Å². The lowest BCUT2D eigenvalue weighted by atomic mass is 9.84. The Kier molecular flexibility index (Phi) is 3.97. The molecular weight excluding hydrogens is 176 g/mol. The first kappa shape index (κ1) is 11.5. The van der Waals surface area contributed by atoms with Gasteiger partial charge in [-0.3, -0.25) is 4.79 Å². The van der Waals surface area contributed by atoms with E-state index in [1.54, 1.807) is 0 Å². The van der Waals surface area contributed by atoms with Crippen LogP contribution in [0, 0.1) is 11.3 Å². The topological polar surface area (TPSA) is 26.3 Å². The van der Waals surface area contributed by atoms with Crippen LogP contribution in [0.2, 0.25) is 0 Å². The molecule has 0 aliphatic heterocycles. The van der Waals surface area contributed by atoms with E-state index in [-0.39, 0.29) is 11.4 Å². The zero-order chi connectivity index (χ0) is 10.6. The van der Waals surface area contributed by atoms with Gasteiger partial charge in [0, 0.05) is 0 Å². The van der Waals surface area contributed by atoms with Crippen LogP contribution in [0.4, 0.5) is 0 Å². The Hall–Kier alpha value is -0.530. The lowest BCUT2D eigenvalue weighted by molar-refractivity contribution is -0.145. The third kappa shape index (κ3) is 3.00. The number of rotatable bonds is 4. The van der Waals surface area contributed by atoms with Gasteiger partial charge in [-0.15, -0.1) is 0 Å². The summed E-state index contributed by atoms with van der Waals surface area (Å²) in [6, 6.07) is 0. The molecule has 2 nitrogen and oxygen atoms in total. The van der Waals surface area contributed by atoms with Crippen molar-refractivity contribution < 1.29 is 9.53 Å². The Morgan fingerprint density at radius 3 is 2.71 bits per heavy atom. The van der Waals surface area contributed by atoms with E-state index < -0.39 is 0 Å². The number of hydrogen-bond donors (Lipinski definition) is 0. The molecule has 0 aromatic carbocycles. The molecule has 0 saturated heterocycles. The highest BCUT2D eigenvalue weighted by Gasteiger charge is 2.36. The second-order valence-electron chi connectivity index (χ2n) is 4.81. The van der Waals surface area contributed by atoms with Crippen molar-refractivity contribution in [2.24, 2.45) is 11.3 Å². The van der Waals surface area contributed by atoms with Crippen LogP contribution in [-0.2, 0) is 9.53 Å². The zero-order valence-corrected chi connectivity index (χ0v) is 9.64. The minimum Gasteiger partial charge on any atom is -0.466 e. The molecule has 0 spiro atoms. The van der Waals surface area contributed by atoms with Crippen LogP contribution >= 0.6 is 0 Å². The maximum Gasteiger partial charge on any atom is 0.306 e. The highest BCUT2D eigenvalue weighted by atomic mass is 16.5. The molecule has 1 aliphatic carbocycles. The van der Waals surface area contributed by atoms with Gasteiger partial charge in [0.2, 0.25) is 0 Å². The van der Waals surface area contributed by atoms with Crippen LogP contribution in [0.5, 0.6) is 0 Å².